The molecule has 29 heavy (non-hydrogen) atoms. The molecule has 3 rings (SSSR count). The zero-order chi connectivity index (χ0) is 20.8. The number of hydrogen-bond acceptors (Lipinski definition) is 2. The van der Waals surface area contributed by atoms with E-state index in [0.717, 1.165) is 11.1 Å². The highest BCUT2D eigenvalue weighted by Crippen LogP contribution is 2.31. The summed E-state index contributed by atoms with van der Waals surface area (Å²) >= 11 is 0. The number of nitrogens with one attached hydrogen (secondary N) is 2. The fourth-order valence-corrected chi connectivity index (χ4v) is 3.85. The minimum absolute atomic E-state index is 0.0791. The number of carbonyl (C=O) groups is 2. The van der Waals surface area contributed by atoms with Crippen molar-refractivity contribution in [3.05, 3.63) is 71.0 Å². The molecule has 1 heterocycles. The second kappa shape index (κ2) is 9.54. The predicted octanol–water partition coefficient (Wildman–Crippen LogP) is 3.59. The molecule has 1 aliphatic heterocycles. The van der Waals surface area contributed by atoms with Gasteiger partial charge in [-0.2, -0.15) is 0 Å². The zero-order valence-corrected chi connectivity index (χ0v) is 17.0. The average molecular weight is 397 g/mol. The van der Waals surface area contributed by atoms with Crippen LogP contribution in [0.3, 0.4) is 0 Å². The number of halogens is 1. The lowest BCUT2D eigenvalue weighted by atomic mass is 9.83. The molecule has 2 aromatic rings. The maximum atomic E-state index is 13.8. The molecule has 0 saturated carbocycles. The van der Waals surface area contributed by atoms with Crippen molar-refractivity contribution in [2.24, 2.45) is 5.92 Å². The summed E-state index contributed by atoms with van der Waals surface area (Å²) in [6.45, 7) is 5.52. The van der Waals surface area contributed by atoms with Gasteiger partial charge in [0.15, 0.2) is 0 Å². The molecule has 1 fully saturated rings. The van der Waals surface area contributed by atoms with Crippen LogP contribution in [0.2, 0.25) is 0 Å². The van der Waals surface area contributed by atoms with E-state index in [-0.39, 0.29) is 36.1 Å². The van der Waals surface area contributed by atoms with Crippen LogP contribution in [-0.4, -0.2) is 36.5 Å². The van der Waals surface area contributed by atoms with Crippen LogP contribution < -0.4 is 10.6 Å². The Hall–Kier alpha value is -2.89. The summed E-state index contributed by atoms with van der Waals surface area (Å²) in [6.07, 6.45) is 0.655. The second-order valence-electron chi connectivity index (χ2n) is 7.59. The largest absolute Gasteiger partial charge is 0.352 e. The van der Waals surface area contributed by atoms with E-state index in [2.05, 4.69) is 16.7 Å². The van der Waals surface area contributed by atoms with Gasteiger partial charge in [0.2, 0.25) is 5.91 Å². The minimum Gasteiger partial charge on any atom is -0.352 e. The lowest BCUT2D eigenvalue weighted by Gasteiger charge is -2.37. The first-order valence-electron chi connectivity index (χ1n) is 10.1. The van der Waals surface area contributed by atoms with Crippen molar-refractivity contribution in [2.75, 3.05) is 19.6 Å². The summed E-state index contributed by atoms with van der Waals surface area (Å²) in [7, 11) is 0. The first-order chi connectivity index (χ1) is 14.0. The summed E-state index contributed by atoms with van der Waals surface area (Å²) < 4.78 is 13.8. The zero-order valence-electron chi connectivity index (χ0n) is 17.0. The van der Waals surface area contributed by atoms with E-state index in [9.17, 15) is 14.0 Å². The number of nitrogens with zero attached hydrogens (tertiary/aromatic N) is 1. The van der Waals surface area contributed by atoms with Gasteiger partial charge >= 0.3 is 6.03 Å². The number of likely N-dealkylation sites (tertiary alicyclic amines) is 1. The lowest BCUT2D eigenvalue weighted by Crippen LogP contribution is -2.51. The molecule has 3 amide bonds. The minimum atomic E-state index is -0.344. The van der Waals surface area contributed by atoms with E-state index >= 15 is 0 Å². The molecule has 1 aliphatic rings. The van der Waals surface area contributed by atoms with Gasteiger partial charge in [-0.1, -0.05) is 48.0 Å². The van der Waals surface area contributed by atoms with Gasteiger partial charge < -0.3 is 15.5 Å². The van der Waals surface area contributed by atoms with Gasteiger partial charge in [0, 0.05) is 37.7 Å². The number of amides is 3. The molecule has 0 aromatic heterocycles. The van der Waals surface area contributed by atoms with Gasteiger partial charge in [-0.25, -0.2) is 9.18 Å². The van der Waals surface area contributed by atoms with Crippen LogP contribution in [0.5, 0.6) is 0 Å². The summed E-state index contributed by atoms with van der Waals surface area (Å²) in [5, 5.41) is 5.68. The third-order valence-corrected chi connectivity index (χ3v) is 5.36. The third-order valence-electron chi connectivity index (χ3n) is 5.36. The Morgan fingerprint density at radius 2 is 1.90 bits per heavy atom. The summed E-state index contributed by atoms with van der Waals surface area (Å²) in [5.41, 5.74) is 2.73. The molecular weight excluding hydrogens is 369 g/mol. The molecule has 0 spiro atoms. The van der Waals surface area contributed by atoms with Crippen molar-refractivity contribution in [3.8, 4) is 0 Å². The van der Waals surface area contributed by atoms with Gasteiger partial charge in [-0.15, -0.1) is 0 Å². The summed E-state index contributed by atoms with van der Waals surface area (Å²) in [6, 6.07) is 14.5. The number of carbonyl (C=O) groups excluding carboxylic acids is 2. The smallest absolute Gasteiger partial charge is 0.317 e. The molecule has 6 heteroatoms. The maximum absolute atomic E-state index is 13.8. The lowest BCUT2D eigenvalue weighted by molar-refractivity contribution is -0.126. The molecule has 2 N–H and O–H groups in total. The fourth-order valence-electron chi connectivity index (χ4n) is 3.85. The van der Waals surface area contributed by atoms with Gasteiger partial charge in [-0.3, -0.25) is 4.79 Å². The number of benzene rings is 2. The molecule has 0 aliphatic carbocycles. The molecule has 2 atom stereocenters. The highest BCUT2D eigenvalue weighted by molar-refractivity contribution is 5.81. The van der Waals surface area contributed by atoms with Crippen LogP contribution in [0.1, 0.15) is 36.0 Å². The van der Waals surface area contributed by atoms with E-state index < -0.39 is 0 Å². The van der Waals surface area contributed by atoms with Crippen molar-refractivity contribution in [2.45, 2.75) is 32.7 Å². The first-order valence-corrected chi connectivity index (χ1v) is 10.1. The van der Waals surface area contributed by atoms with E-state index in [1.165, 1.54) is 6.07 Å². The monoisotopic (exact) mass is 397 g/mol. The van der Waals surface area contributed by atoms with Crippen LogP contribution in [-0.2, 0) is 11.3 Å². The Morgan fingerprint density at radius 1 is 1.10 bits per heavy atom. The maximum Gasteiger partial charge on any atom is 0.317 e. The quantitative estimate of drug-likeness (QED) is 0.810. The predicted molar refractivity (Wildman–Crippen MR) is 111 cm³/mol. The van der Waals surface area contributed by atoms with E-state index in [0.29, 0.717) is 31.6 Å². The molecule has 1 saturated heterocycles. The normalized spacial score (nSPS) is 18.9. The summed E-state index contributed by atoms with van der Waals surface area (Å²) in [5.74, 6) is -0.753. The highest BCUT2D eigenvalue weighted by Gasteiger charge is 2.34. The standard InChI is InChI=1S/C23H28FN3O2/c1-3-25-23(29)27-14-19(17-9-6-7-16(2)11-17)12-20(15-27)22(28)26-13-18-8-4-5-10-21(18)24/h4-11,19-20H,3,12-15H2,1-2H3,(H,25,29)(H,26,28)/t19-,20+/m0/s1. The molecule has 0 unspecified atom stereocenters. The van der Waals surface area contributed by atoms with Crippen molar-refractivity contribution in [1.29, 1.82) is 0 Å². The second-order valence-corrected chi connectivity index (χ2v) is 7.59. The van der Waals surface area contributed by atoms with Crippen LogP contribution in [0, 0.1) is 18.7 Å². The van der Waals surface area contributed by atoms with E-state index in [1.807, 2.05) is 32.0 Å². The van der Waals surface area contributed by atoms with Gasteiger partial charge in [0.25, 0.3) is 0 Å². The summed E-state index contributed by atoms with van der Waals surface area (Å²) in [4.78, 5) is 27.0. The molecular formula is C23H28FN3O2. The average Bonchev–Trinajstić information content (AvgIpc) is 2.73. The number of piperidine rings is 1. The molecule has 0 radical (unpaired) electrons. The topological polar surface area (TPSA) is 61.4 Å². The Labute approximate surface area is 171 Å². The van der Waals surface area contributed by atoms with Crippen LogP contribution >= 0.6 is 0 Å². The molecule has 5 nitrogen and oxygen atoms in total. The van der Waals surface area contributed by atoms with E-state index in [1.54, 1.807) is 23.1 Å². The number of hydrogen-bond donors (Lipinski definition) is 2. The number of aryl methyl sites for hydroxylation is 1. The SMILES string of the molecule is CCNC(=O)N1C[C@H](C(=O)NCc2ccccc2F)C[C@H](c2cccc(C)c2)C1. The van der Waals surface area contributed by atoms with Gasteiger partial charge in [0.05, 0.1) is 5.92 Å². The molecule has 0 bridgehead atoms. The molecule has 2 aromatic carbocycles. The highest BCUT2D eigenvalue weighted by atomic mass is 19.1. The van der Waals surface area contributed by atoms with Crippen molar-refractivity contribution in [3.63, 3.8) is 0 Å². The van der Waals surface area contributed by atoms with E-state index in [4.69, 9.17) is 0 Å². The van der Waals surface area contributed by atoms with Crippen LogP contribution in [0.15, 0.2) is 48.5 Å². The number of rotatable bonds is 5. The Morgan fingerprint density at radius 3 is 2.62 bits per heavy atom. The Bertz CT molecular complexity index is 871. The first kappa shape index (κ1) is 20.8. The van der Waals surface area contributed by atoms with Crippen LogP contribution in [0.25, 0.3) is 0 Å². The Balaban J connectivity index is 1.74. The van der Waals surface area contributed by atoms with Crippen molar-refractivity contribution >= 4 is 11.9 Å². The van der Waals surface area contributed by atoms with Crippen molar-refractivity contribution in [1.82, 2.24) is 15.5 Å². The van der Waals surface area contributed by atoms with Crippen LogP contribution in [0.4, 0.5) is 9.18 Å². The number of urea groups is 1. The Kier molecular flexibility index (Phi) is 6.86. The van der Waals surface area contributed by atoms with Crippen molar-refractivity contribution < 1.29 is 14.0 Å². The third kappa shape index (κ3) is 5.34. The van der Waals surface area contributed by atoms with Gasteiger partial charge in [-0.05, 0) is 31.9 Å². The van der Waals surface area contributed by atoms with Gasteiger partial charge in [0.1, 0.15) is 5.82 Å². The molecule has 154 valence electrons. The fraction of sp³-hybridized carbons (Fsp3) is 0.391.